The normalized spacial score (nSPS) is 10.9. The highest BCUT2D eigenvalue weighted by atomic mass is 32.1. The monoisotopic (exact) mass is 354 g/mol. The third-order valence-electron chi connectivity index (χ3n) is 3.38. The smallest absolute Gasteiger partial charge is 0.244 e. The Morgan fingerprint density at radius 1 is 1.32 bits per heavy atom. The van der Waals surface area contributed by atoms with E-state index in [1.54, 1.807) is 29.7 Å². The molecular weight excluding hydrogens is 336 g/mol. The summed E-state index contributed by atoms with van der Waals surface area (Å²) in [5.41, 5.74) is 1.85. The van der Waals surface area contributed by atoms with E-state index >= 15 is 0 Å². The van der Waals surface area contributed by atoms with Gasteiger partial charge in [0.25, 0.3) is 0 Å². The number of aromatic nitrogens is 1. The molecule has 0 aliphatic rings. The first kappa shape index (κ1) is 17.0. The maximum atomic E-state index is 11.8. The van der Waals surface area contributed by atoms with E-state index < -0.39 is 0 Å². The van der Waals surface area contributed by atoms with E-state index in [9.17, 15) is 4.79 Å². The van der Waals surface area contributed by atoms with Crippen molar-refractivity contribution in [3.63, 3.8) is 0 Å². The lowest BCUT2D eigenvalue weighted by atomic mass is 10.2. The Morgan fingerprint density at radius 3 is 2.84 bits per heavy atom. The van der Waals surface area contributed by atoms with E-state index in [1.165, 1.54) is 6.08 Å². The maximum Gasteiger partial charge on any atom is 0.244 e. The van der Waals surface area contributed by atoms with Crippen LogP contribution < -0.4 is 10.1 Å². The molecule has 2 heterocycles. The van der Waals surface area contributed by atoms with Crippen LogP contribution >= 0.6 is 11.3 Å². The second-order valence-corrected chi connectivity index (χ2v) is 6.41. The summed E-state index contributed by atoms with van der Waals surface area (Å²) in [5, 5.41) is 5.78. The van der Waals surface area contributed by atoms with Crippen LogP contribution in [-0.2, 0) is 17.9 Å². The number of aryl methyl sites for hydroxylation is 1. The lowest BCUT2D eigenvalue weighted by Crippen LogP contribution is -2.19. The van der Waals surface area contributed by atoms with Gasteiger partial charge in [-0.25, -0.2) is 4.98 Å². The first-order valence-electron chi connectivity index (χ1n) is 7.81. The summed E-state index contributed by atoms with van der Waals surface area (Å²) in [6.45, 7) is 2.80. The van der Waals surface area contributed by atoms with Crippen LogP contribution in [0, 0.1) is 6.92 Å². The fourth-order valence-corrected chi connectivity index (χ4v) is 2.72. The Labute approximate surface area is 150 Å². The van der Waals surface area contributed by atoms with Crippen molar-refractivity contribution < 1.29 is 13.9 Å². The SMILES string of the molecule is Cc1nc(COc2ccc(/C=C/C(=O)NCc3ccco3)cc2)cs1. The van der Waals surface area contributed by atoms with Crippen LogP contribution in [0.5, 0.6) is 5.75 Å². The minimum atomic E-state index is -0.171. The zero-order valence-corrected chi connectivity index (χ0v) is 14.6. The molecule has 25 heavy (non-hydrogen) atoms. The molecule has 0 aliphatic carbocycles. The second-order valence-electron chi connectivity index (χ2n) is 5.35. The number of furan rings is 1. The molecule has 0 spiro atoms. The third kappa shape index (κ3) is 5.32. The first-order chi connectivity index (χ1) is 12.2. The topological polar surface area (TPSA) is 64.4 Å². The molecule has 1 N–H and O–H groups in total. The molecule has 0 atom stereocenters. The van der Waals surface area contributed by atoms with Crippen LogP contribution in [0.15, 0.2) is 58.5 Å². The van der Waals surface area contributed by atoms with Crippen LogP contribution in [0.25, 0.3) is 6.08 Å². The summed E-state index contributed by atoms with van der Waals surface area (Å²) in [5.74, 6) is 1.32. The van der Waals surface area contributed by atoms with E-state index in [4.69, 9.17) is 9.15 Å². The van der Waals surface area contributed by atoms with Gasteiger partial charge in [-0.1, -0.05) is 12.1 Å². The minimum Gasteiger partial charge on any atom is -0.487 e. The van der Waals surface area contributed by atoms with Crippen molar-refractivity contribution in [1.29, 1.82) is 0 Å². The molecule has 0 aliphatic heterocycles. The predicted octanol–water partition coefficient (Wildman–Crippen LogP) is 3.95. The zero-order valence-electron chi connectivity index (χ0n) is 13.8. The summed E-state index contributed by atoms with van der Waals surface area (Å²) in [4.78, 5) is 16.1. The zero-order chi connectivity index (χ0) is 17.5. The highest BCUT2D eigenvalue weighted by Crippen LogP contribution is 2.16. The van der Waals surface area contributed by atoms with Crippen molar-refractivity contribution in [1.82, 2.24) is 10.3 Å². The van der Waals surface area contributed by atoms with Gasteiger partial charge in [0, 0.05) is 11.5 Å². The predicted molar refractivity (Wildman–Crippen MR) is 97.2 cm³/mol. The number of thiazole rings is 1. The van der Waals surface area contributed by atoms with E-state index in [0.29, 0.717) is 13.2 Å². The number of hydrogen-bond acceptors (Lipinski definition) is 5. The lowest BCUT2D eigenvalue weighted by molar-refractivity contribution is -0.116. The van der Waals surface area contributed by atoms with Crippen molar-refractivity contribution >= 4 is 23.3 Å². The van der Waals surface area contributed by atoms with Crippen LogP contribution in [0.3, 0.4) is 0 Å². The second kappa shape index (κ2) is 8.30. The van der Waals surface area contributed by atoms with E-state index in [0.717, 1.165) is 27.8 Å². The molecule has 3 rings (SSSR count). The number of carbonyl (C=O) groups excluding carboxylic acids is 1. The Bertz CT molecular complexity index is 836. The van der Waals surface area contributed by atoms with Crippen LogP contribution in [0.2, 0.25) is 0 Å². The fourth-order valence-electron chi connectivity index (χ4n) is 2.13. The summed E-state index contributed by atoms with van der Waals surface area (Å²) in [7, 11) is 0. The molecule has 0 radical (unpaired) electrons. The number of benzene rings is 1. The molecule has 2 aromatic heterocycles. The van der Waals surface area contributed by atoms with E-state index in [-0.39, 0.29) is 5.91 Å². The van der Waals surface area contributed by atoms with Gasteiger partial charge in [0.2, 0.25) is 5.91 Å². The maximum absolute atomic E-state index is 11.8. The molecule has 3 aromatic rings. The Morgan fingerprint density at radius 2 is 2.16 bits per heavy atom. The molecule has 0 fully saturated rings. The number of carbonyl (C=O) groups is 1. The van der Waals surface area contributed by atoms with Crippen molar-refractivity contribution in [3.8, 4) is 5.75 Å². The lowest BCUT2D eigenvalue weighted by Gasteiger charge is -2.04. The van der Waals surface area contributed by atoms with Gasteiger partial charge in [0.05, 0.1) is 23.5 Å². The molecule has 1 amide bonds. The van der Waals surface area contributed by atoms with Crippen LogP contribution in [-0.4, -0.2) is 10.9 Å². The van der Waals surface area contributed by atoms with E-state index in [1.807, 2.05) is 42.6 Å². The average molecular weight is 354 g/mol. The summed E-state index contributed by atoms with van der Waals surface area (Å²) in [6.07, 6.45) is 4.83. The van der Waals surface area contributed by atoms with Gasteiger partial charge in [-0.2, -0.15) is 0 Å². The van der Waals surface area contributed by atoms with Crippen molar-refractivity contribution in [2.24, 2.45) is 0 Å². The third-order valence-corrected chi connectivity index (χ3v) is 4.20. The molecule has 1 aromatic carbocycles. The number of nitrogens with one attached hydrogen (secondary N) is 1. The molecule has 5 nitrogen and oxygen atoms in total. The number of ether oxygens (including phenoxy) is 1. The number of amides is 1. The van der Waals surface area contributed by atoms with Crippen molar-refractivity contribution in [2.45, 2.75) is 20.1 Å². The van der Waals surface area contributed by atoms with Crippen LogP contribution in [0.1, 0.15) is 22.0 Å². The Kier molecular flexibility index (Phi) is 5.64. The van der Waals surface area contributed by atoms with Gasteiger partial charge >= 0.3 is 0 Å². The quantitative estimate of drug-likeness (QED) is 0.653. The number of hydrogen-bond donors (Lipinski definition) is 1. The molecular formula is C19H18N2O3S. The largest absolute Gasteiger partial charge is 0.487 e. The van der Waals surface area contributed by atoms with Gasteiger partial charge in [0.15, 0.2) is 0 Å². The molecule has 0 saturated carbocycles. The molecule has 0 bridgehead atoms. The minimum absolute atomic E-state index is 0.171. The van der Waals surface area contributed by atoms with Gasteiger partial charge in [-0.05, 0) is 42.8 Å². The number of nitrogens with zero attached hydrogens (tertiary/aromatic N) is 1. The highest BCUT2D eigenvalue weighted by Gasteiger charge is 2.01. The van der Waals surface area contributed by atoms with Crippen LogP contribution in [0.4, 0.5) is 0 Å². The standard InChI is InChI=1S/C19H18N2O3S/c1-14-21-16(13-25-14)12-24-17-7-4-15(5-8-17)6-9-19(22)20-11-18-3-2-10-23-18/h2-10,13H,11-12H2,1H3,(H,20,22)/b9-6+. The highest BCUT2D eigenvalue weighted by molar-refractivity contribution is 7.09. The Balaban J connectivity index is 1.47. The van der Waals surface area contributed by atoms with Gasteiger partial charge < -0.3 is 14.5 Å². The van der Waals surface area contributed by atoms with Crippen molar-refractivity contribution in [2.75, 3.05) is 0 Å². The summed E-state index contributed by atoms with van der Waals surface area (Å²) in [6, 6.07) is 11.2. The molecule has 0 saturated heterocycles. The van der Waals surface area contributed by atoms with Gasteiger partial charge in [0.1, 0.15) is 18.1 Å². The molecule has 6 heteroatoms. The van der Waals surface area contributed by atoms with Gasteiger partial charge in [-0.15, -0.1) is 11.3 Å². The average Bonchev–Trinajstić information content (AvgIpc) is 3.29. The summed E-state index contributed by atoms with van der Waals surface area (Å²) >= 11 is 1.61. The van der Waals surface area contributed by atoms with Crippen molar-refractivity contribution in [3.05, 3.63) is 76.1 Å². The Hall–Kier alpha value is -2.86. The molecule has 0 unspecified atom stereocenters. The van der Waals surface area contributed by atoms with E-state index in [2.05, 4.69) is 10.3 Å². The fraction of sp³-hybridized carbons (Fsp3) is 0.158. The molecule has 128 valence electrons. The number of rotatable bonds is 7. The summed E-state index contributed by atoms with van der Waals surface area (Å²) < 4.78 is 10.9. The first-order valence-corrected chi connectivity index (χ1v) is 8.69. The van der Waals surface area contributed by atoms with Gasteiger partial charge in [-0.3, -0.25) is 4.79 Å².